The van der Waals surface area contributed by atoms with Crippen molar-refractivity contribution < 1.29 is 4.79 Å². The number of hydrogen-bond acceptors (Lipinski definition) is 6. The van der Waals surface area contributed by atoms with Crippen molar-refractivity contribution in [3.63, 3.8) is 0 Å². The van der Waals surface area contributed by atoms with Crippen molar-refractivity contribution in [3.05, 3.63) is 36.5 Å². The fraction of sp³-hybridized carbons (Fsp3) is 0.353. The average Bonchev–Trinajstić information content (AvgIpc) is 3.07. The Morgan fingerprint density at radius 1 is 1.12 bits per heavy atom. The fourth-order valence-electron chi connectivity index (χ4n) is 3.16. The lowest BCUT2D eigenvalue weighted by atomic mass is 9.87. The summed E-state index contributed by atoms with van der Waals surface area (Å²) in [5, 5.41) is 11.7. The lowest BCUT2D eigenvalue weighted by Gasteiger charge is -2.26. The molecule has 1 saturated carbocycles. The molecule has 122 valence electrons. The summed E-state index contributed by atoms with van der Waals surface area (Å²) < 4.78 is 1.71. The van der Waals surface area contributed by atoms with E-state index in [0.29, 0.717) is 17.8 Å². The molecular formula is C17H18N6O. The first-order chi connectivity index (χ1) is 11.8. The van der Waals surface area contributed by atoms with Crippen molar-refractivity contribution in [2.45, 2.75) is 31.7 Å². The summed E-state index contributed by atoms with van der Waals surface area (Å²) >= 11 is 0. The molecule has 24 heavy (non-hydrogen) atoms. The van der Waals surface area contributed by atoms with Gasteiger partial charge in [0.05, 0.1) is 5.52 Å². The van der Waals surface area contributed by atoms with Crippen LogP contribution in [0.15, 0.2) is 36.5 Å². The van der Waals surface area contributed by atoms with Crippen LogP contribution in [0.25, 0.3) is 16.9 Å². The zero-order chi connectivity index (χ0) is 16.4. The highest BCUT2D eigenvalue weighted by atomic mass is 16.1. The highest BCUT2D eigenvalue weighted by Gasteiger charge is 2.21. The molecule has 1 aliphatic rings. The summed E-state index contributed by atoms with van der Waals surface area (Å²) in [6.45, 7) is 0. The predicted molar refractivity (Wildman–Crippen MR) is 89.9 cm³/mol. The number of benzene rings is 1. The van der Waals surface area contributed by atoms with Crippen LogP contribution in [0.2, 0.25) is 0 Å². The van der Waals surface area contributed by atoms with E-state index >= 15 is 0 Å². The van der Waals surface area contributed by atoms with Gasteiger partial charge in [0.1, 0.15) is 11.8 Å². The second-order valence-corrected chi connectivity index (χ2v) is 6.12. The molecule has 2 aromatic heterocycles. The van der Waals surface area contributed by atoms with Crippen LogP contribution in [0.5, 0.6) is 0 Å². The van der Waals surface area contributed by atoms with Crippen LogP contribution < -0.4 is 5.32 Å². The number of nitrogens with one attached hydrogen (secondary N) is 1. The Morgan fingerprint density at radius 3 is 2.79 bits per heavy atom. The fourth-order valence-corrected chi connectivity index (χ4v) is 3.16. The van der Waals surface area contributed by atoms with Gasteiger partial charge in [-0.2, -0.15) is 9.67 Å². The third kappa shape index (κ3) is 2.84. The van der Waals surface area contributed by atoms with Crippen LogP contribution in [0.4, 0.5) is 5.95 Å². The topological polar surface area (TPSA) is 85.6 Å². The van der Waals surface area contributed by atoms with E-state index < -0.39 is 0 Å². The van der Waals surface area contributed by atoms with Crippen molar-refractivity contribution in [1.82, 2.24) is 25.0 Å². The van der Waals surface area contributed by atoms with Gasteiger partial charge in [-0.05, 0) is 37.8 Å². The van der Waals surface area contributed by atoms with Crippen molar-refractivity contribution in [2.75, 3.05) is 5.32 Å². The van der Waals surface area contributed by atoms with Gasteiger partial charge in [-0.25, -0.2) is 4.98 Å². The molecular weight excluding hydrogens is 304 g/mol. The van der Waals surface area contributed by atoms with E-state index in [4.69, 9.17) is 0 Å². The van der Waals surface area contributed by atoms with Crippen molar-refractivity contribution in [3.8, 4) is 5.82 Å². The highest BCUT2D eigenvalue weighted by Crippen LogP contribution is 2.24. The van der Waals surface area contributed by atoms with Crippen LogP contribution in [-0.4, -0.2) is 37.3 Å². The van der Waals surface area contributed by atoms with Gasteiger partial charge in [-0.15, -0.1) is 5.10 Å². The average molecular weight is 322 g/mol. The van der Waals surface area contributed by atoms with Gasteiger partial charge in [0, 0.05) is 24.2 Å². The Bertz CT molecular complexity index is 853. The smallest absolute Gasteiger partial charge is 0.224 e. The van der Waals surface area contributed by atoms with Crippen molar-refractivity contribution in [2.24, 2.45) is 5.92 Å². The van der Waals surface area contributed by atoms with Gasteiger partial charge >= 0.3 is 0 Å². The number of carbonyl (C=O) groups is 1. The molecule has 0 spiro atoms. The summed E-state index contributed by atoms with van der Waals surface area (Å²) in [5.74, 6) is 1.47. The van der Waals surface area contributed by atoms with Gasteiger partial charge in [-0.1, -0.05) is 17.3 Å². The van der Waals surface area contributed by atoms with E-state index in [0.717, 1.165) is 43.0 Å². The lowest BCUT2D eigenvalue weighted by molar-refractivity contribution is -0.111. The van der Waals surface area contributed by atoms with Gasteiger partial charge in [-0.3, -0.25) is 0 Å². The number of rotatable bonds is 4. The minimum absolute atomic E-state index is 0.205. The molecule has 0 amide bonds. The molecule has 0 atom stereocenters. The molecule has 1 fully saturated rings. The predicted octanol–water partition coefficient (Wildman–Crippen LogP) is 2.38. The monoisotopic (exact) mass is 322 g/mol. The van der Waals surface area contributed by atoms with Crippen LogP contribution in [-0.2, 0) is 4.79 Å². The van der Waals surface area contributed by atoms with Crippen molar-refractivity contribution in [1.29, 1.82) is 0 Å². The quantitative estimate of drug-likeness (QED) is 0.742. The number of anilines is 1. The maximum atomic E-state index is 10.8. The number of fused-ring (bicyclic) bond motifs is 1. The lowest BCUT2D eigenvalue weighted by Crippen LogP contribution is -2.27. The summed E-state index contributed by atoms with van der Waals surface area (Å²) in [6.07, 6.45) is 6.57. The highest BCUT2D eigenvalue weighted by molar-refractivity contribution is 5.75. The second kappa shape index (κ2) is 6.35. The molecule has 7 nitrogen and oxygen atoms in total. The molecule has 1 aromatic carbocycles. The number of nitrogens with zero attached hydrogens (tertiary/aromatic N) is 5. The number of carbonyl (C=O) groups excluding carboxylic acids is 1. The molecule has 0 bridgehead atoms. The first-order valence-corrected chi connectivity index (χ1v) is 8.19. The Hall–Kier alpha value is -2.83. The molecule has 7 heteroatoms. The molecule has 3 aromatic rings. The van der Waals surface area contributed by atoms with E-state index in [1.165, 1.54) is 0 Å². The van der Waals surface area contributed by atoms with Gasteiger partial charge in [0.15, 0.2) is 5.82 Å². The largest absolute Gasteiger partial charge is 0.351 e. The molecule has 2 heterocycles. The molecule has 0 aliphatic heterocycles. The van der Waals surface area contributed by atoms with E-state index in [1.54, 1.807) is 10.9 Å². The minimum atomic E-state index is 0.205. The third-order valence-corrected chi connectivity index (χ3v) is 4.51. The van der Waals surface area contributed by atoms with Gasteiger partial charge in [0.25, 0.3) is 0 Å². The minimum Gasteiger partial charge on any atom is -0.351 e. The number of aromatic nitrogens is 5. The van der Waals surface area contributed by atoms with Crippen LogP contribution in [0, 0.1) is 5.92 Å². The number of aldehydes is 1. The van der Waals surface area contributed by atoms with Gasteiger partial charge in [0.2, 0.25) is 5.95 Å². The molecule has 4 rings (SSSR count). The standard InChI is InChI=1S/C17H18N6O/c24-11-12-5-7-13(8-6-12)19-17-18-10-9-16(20-17)23-15-4-2-1-3-14(15)21-22-23/h1-4,9-13H,5-8H2,(H,18,19,20). The van der Waals surface area contributed by atoms with E-state index in [1.807, 2.05) is 30.3 Å². The summed E-state index contributed by atoms with van der Waals surface area (Å²) in [5.41, 5.74) is 1.74. The summed E-state index contributed by atoms with van der Waals surface area (Å²) in [4.78, 5) is 19.7. The van der Waals surface area contributed by atoms with Crippen molar-refractivity contribution >= 4 is 23.3 Å². The zero-order valence-corrected chi connectivity index (χ0v) is 13.2. The third-order valence-electron chi connectivity index (χ3n) is 4.51. The summed E-state index contributed by atoms with van der Waals surface area (Å²) in [7, 11) is 0. The molecule has 1 aliphatic carbocycles. The second-order valence-electron chi connectivity index (χ2n) is 6.12. The normalized spacial score (nSPS) is 20.8. The number of hydrogen-bond donors (Lipinski definition) is 1. The van der Waals surface area contributed by atoms with Crippen LogP contribution >= 0.6 is 0 Å². The Labute approximate surface area is 139 Å². The Kier molecular flexibility index (Phi) is 3.90. The SMILES string of the molecule is O=CC1CCC(Nc2nccc(-n3nnc4ccccc43)n2)CC1. The zero-order valence-electron chi connectivity index (χ0n) is 13.2. The van der Waals surface area contributed by atoms with E-state index in [-0.39, 0.29) is 5.92 Å². The van der Waals surface area contributed by atoms with E-state index in [2.05, 4.69) is 25.6 Å². The number of para-hydroxylation sites is 1. The van der Waals surface area contributed by atoms with Crippen LogP contribution in [0.3, 0.4) is 0 Å². The Morgan fingerprint density at radius 2 is 1.96 bits per heavy atom. The maximum absolute atomic E-state index is 10.8. The first kappa shape index (κ1) is 14.7. The maximum Gasteiger partial charge on any atom is 0.224 e. The molecule has 0 unspecified atom stereocenters. The first-order valence-electron chi connectivity index (χ1n) is 8.19. The molecule has 1 N–H and O–H groups in total. The molecule has 0 saturated heterocycles. The van der Waals surface area contributed by atoms with Gasteiger partial charge < -0.3 is 10.1 Å². The van der Waals surface area contributed by atoms with Crippen LogP contribution in [0.1, 0.15) is 25.7 Å². The Balaban J connectivity index is 1.55. The molecule has 0 radical (unpaired) electrons. The summed E-state index contributed by atoms with van der Waals surface area (Å²) in [6, 6.07) is 9.90. The van der Waals surface area contributed by atoms with E-state index in [9.17, 15) is 4.79 Å².